The zero-order valence-corrected chi connectivity index (χ0v) is 11.1. The topological polar surface area (TPSA) is 110 Å². The third kappa shape index (κ3) is 3.94. The van der Waals surface area contributed by atoms with Gasteiger partial charge in [0.1, 0.15) is 11.5 Å². The SMILES string of the molecule is Cc1cc(NC(=O)CCC(=O)Nc2cc(C)on2)no1. The van der Waals surface area contributed by atoms with E-state index >= 15 is 0 Å². The second-order valence-corrected chi connectivity index (χ2v) is 4.24. The average Bonchev–Trinajstić information content (AvgIpc) is 2.96. The Morgan fingerprint density at radius 1 is 0.950 bits per heavy atom. The fraction of sp³-hybridized carbons (Fsp3) is 0.333. The van der Waals surface area contributed by atoms with Crippen LogP contribution in [0.5, 0.6) is 0 Å². The average molecular weight is 278 g/mol. The Hall–Kier alpha value is -2.64. The van der Waals surface area contributed by atoms with Crippen LogP contribution in [0.2, 0.25) is 0 Å². The summed E-state index contributed by atoms with van der Waals surface area (Å²) in [5.41, 5.74) is 0. The van der Waals surface area contributed by atoms with Gasteiger partial charge in [-0.25, -0.2) is 0 Å². The number of aryl methyl sites for hydroxylation is 2. The molecule has 2 heterocycles. The predicted molar refractivity (Wildman–Crippen MR) is 69.0 cm³/mol. The van der Waals surface area contributed by atoms with E-state index < -0.39 is 0 Å². The number of rotatable bonds is 5. The lowest BCUT2D eigenvalue weighted by Crippen LogP contribution is -2.17. The fourth-order valence-electron chi connectivity index (χ4n) is 1.49. The summed E-state index contributed by atoms with van der Waals surface area (Å²) >= 11 is 0. The van der Waals surface area contributed by atoms with E-state index in [0.717, 1.165) is 0 Å². The van der Waals surface area contributed by atoms with Crippen LogP contribution in [-0.4, -0.2) is 22.1 Å². The zero-order valence-electron chi connectivity index (χ0n) is 11.1. The molecule has 0 unspecified atom stereocenters. The molecule has 0 radical (unpaired) electrons. The summed E-state index contributed by atoms with van der Waals surface area (Å²) in [4.78, 5) is 23.2. The van der Waals surface area contributed by atoms with Crippen molar-refractivity contribution in [1.29, 1.82) is 0 Å². The maximum absolute atomic E-state index is 11.6. The predicted octanol–water partition coefficient (Wildman–Crippen LogP) is 1.64. The van der Waals surface area contributed by atoms with Crippen molar-refractivity contribution in [3.05, 3.63) is 23.7 Å². The van der Waals surface area contributed by atoms with E-state index in [1.807, 2.05) is 0 Å². The van der Waals surface area contributed by atoms with Crippen molar-refractivity contribution in [1.82, 2.24) is 10.3 Å². The number of anilines is 2. The molecule has 0 aliphatic heterocycles. The number of aromatic nitrogens is 2. The highest BCUT2D eigenvalue weighted by molar-refractivity contribution is 5.95. The monoisotopic (exact) mass is 278 g/mol. The van der Waals surface area contributed by atoms with Crippen LogP contribution in [-0.2, 0) is 9.59 Å². The fourth-order valence-corrected chi connectivity index (χ4v) is 1.49. The Balaban J connectivity index is 1.74. The van der Waals surface area contributed by atoms with Crippen molar-refractivity contribution in [3.63, 3.8) is 0 Å². The van der Waals surface area contributed by atoms with E-state index in [9.17, 15) is 9.59 Å². The Kier molecular flexibility index (Phi) is 4.14. The third-order valence-corrected chi connectivity index (χ3v) is 2.37. The maximum atomic E-state index is 11.6. The molecular formula is C12H14N4O4. The first kappa shape index (κ1) is 13.8. The largest absolute Gasteiger partial charge is 0.360 e. The number of hydrogen-bond donors (Lipinski definition) is 2. The van der Waals surface area contributed by atoms with Gasteiger partial charge >= 0.3 is 0 Å². The number of carbonyl (C=O) groups excluding carboxylic acids is 2. The van der Waals surface area contributed by atoms with Crippen molar-refractivity contribution < 1.29 is 18.6 Å². The van der Waals surface area contributed by atoms with E-state index in [2.05, 4.69) is 20.9 Å². The van der Waals surface area contributed by atoms with Crippen molar-refractivity contribution in [2.45, 2.75) is 26.7 Å². The molecule has 20 heavy (non-hydrogen) atoms. The molecule has 2 rings (SSSR count). The number of amides is 2. The summed E-state index contributed by atoms with van der Waals surface area (Å²) in [7, 11) is 0. The number of nitrogens with one attached hydrogen (secondary N) is 2. The van der Waals surface area contributed by atoms with Crippen molar-refractivity contribution in [3.8, 4) is 0 Å². The van der Waals surface area contributed by atoms with E-state index in [0.29, 0.717) is 23.2 Å². The van der Waals surface area contributed by atoms with Gasteiger partial charge in [-0.3, -0.25) is 9.59 Å². The molecule has 0 aliphatic carbocycles. The molecule has 106 valence electrons. The Morgan fingerprint density at radius 2 is 1.35 bits per heavy atom. The van der Waals surface area contributed by atoms with E-state index in [-0.39, 0.29) is 24.7 Å². The molecule has 2 aromatic heterocycles. The summed E-state index contributed by atoms with van der Waals surface area (Å²) in [5.74, 6) is 1.23. The molecule has 2 aromatic rings. The highest BCUT2D eigenvalue weighted by atomic mass is 16.5. The van der Waals surface area contributed by atoms with Crippen LogP contribution in [0.25, 0.3) is 0 Å². The van der Waals surface area contributed by atoms with Crippen LogP contribution < -0.4 is 10.6 Å². The van der Waals surface area contributed by atoms with Crippen LogP contribution in [0.4, 0.5) is 11.6 Å². The number of carbonyl (C=O) groups is 2. The van der Waals surface area contributed by atoms with Gasteiger partial charge in [0.2, 0.25) is 11.8 Å². The molecule has 0 saturated heterocycles. The highest BCUT2D eigenvalue weighted by Gasteiger charge is 2.10. The number of hydrogen-bond acceptors (Lipinski definition) is 6. The van der Waals surface area contributed by atoms with Crippen LogP contribution in [0.15, 0.2) is 21.2 Å². The second-order valence-electron chi connectivity index (χ2n) is 4.24. The summed E-state index contributed by atoms with van der Waals surface area (Å²) < 4.78 is 9.62. The lowest BCUT2D eigenvalue weighted by Gasteiger charge is -2.01. The lowest BCUT2D eigenvalue weighted by atomic mass is 10.3. The minimum absolute atomic E-state index is 0.0363. The molecule has 0 saturated carbocycles. The molecule has 8 heteroatoms. The van der Waals surface area contributed by atoms with Crippen LogP contribution in [0.1, 0.15) is 24.4 Å². The van der Waals surface area contributed by atoms with Crippen molar-refractivity contribution in [2.24, 2.45) is 0 Å². The summed E-state index contributed by atoms with van der Waals surface area (Å²) in [6.07, 6.45) is 0.0726. The Bertz CT molecular complexity index is 562. The molecule has 2 N–H and O–H groups in total. The first-order valence-corrected chi connectivity index (χ1v) is 5.99. The van der Waals surface area contributed by atoms with Gasteiger partial charge in [-0.15, -0.1) is 0 Å². The molecule has 0 aliphatic rings. The molecule has 0 bridgehead atoms. The first-order chi connectivity index (χ1) is 9.52. The van der Waals surface area contributed by atoms with Crippen molar-refractivity contribution >= 4 is 23.5 Å². The quantitative estimate of drug-likeness (QED) is 0.860. The minimum atomic E-state index is -0.315. The molecule has 0 spiro atoms. The van der Waals surface area contributed by atoms with E-state index in [4.69, 9.17) is 9.05 Å². The lowest BCUT2D eigenvalue weighted by molar-refractivity contribution is -0.121. The summed E-state index contributed by atoms with van der Waals surface area (Å²) in [6, 6.07) is 3.19. The first-order valence-electron chi connectivity index (χ1n) is 5.99. The molecular weight excluding hydrogens is 264 g/mol. The smallest absolute Gasteiger partial charge is 0.226 e. The summed E-state index contributed by atoms with van der Waals surface area (Å²) in [6.45, 7) is 3.44. The normalized spacial score (nSPS) is 10.3. The molecule has 0 atom stereocenters. The van der Waals surface area contributed by atoms with Gasteiger partial charge in [0.15, 0.2) is 11.6 Å². The van der Waals surface area contributed by atoms with Gasteiger partial charge in [0.05, 0.1) is 0 Å². The van der Waals surface area contributed by atoms with Gasteiger partial charge in [-0.05, 0) is 13.8 Å². The summed E-state index contributed by atoms with van der Waals surface area (Å²) in [5, 5.41) is 12.3. The zero-order chi connectivity index (χ0) is 14.5. The van der Waals surface area contributed by atoms with Gasteiger partial charge < -0.3 is 19.7 Å². The third-order valence-electron chi connectivity index (χ3n) is 2.37. The van der Waals surface area contributed by atoms with Crippen LogP contribution in [0, 0.1) is 13.8 Å². The Labute approximate surface area is 114 Å². The van der Waals surface area contributed by atoms with Crippen LogP contribution >= 0.6 is 0 Å². The minimum Gasteiger partial charge on any atom is -0.360 e. The number of nitrogens with zero attached hydrogens (tertiary/aromatic N) is 2. The van der Waals surface area contributed by atoms with Crippen molar-refractivity contribution in [2.75, 3.05) is 10.6 Å². The van der Waals surface area contributed by atoms with Crippen LogP contribution in [0.3, 0.4) is 0 Å². The Morgan fingerprint density at radius 3 is 1.65 bits per heavy atom. The molecule has 2 amide bonds. The van der Waals surface area contributed by atoms with E-state index in [1.54, 1.807) is 26.0 Å². The van der Waals surface area contributed by atoms with Gasteiger partial charge in [0, 0.05) is 25.0 Å². The van der Waals surface area contributed by atoms with Gasteiger partial charge in [0.25, 0.3) is 0 Å². The van der Waals surface area contributed by atoms with Gasteiger partial charge in [-0.2, -0.15) is 0 Å². The molecule has 8 nitrogen and oxygen atoms in total. The second kappa shape index (κ2) is 6.00. The van der Waals surface area contributed by atoms with E-state index in [1.165, 1.54) is 0 Å². The standard InChI is InChI=1S/C12H14N4O4/c1-7-5-9(15-19-7)13-11(17)3-4-12(18)14-10-6-8(2)20-16-10/h5-6H,3-4H2,1-2H3,(H,13,15,17)(H,14,16,18). The molecule has 0 aromatic carbocycles. The highest BCUT2D eigenvalue weighted by Crippen LogP contribution is 2.09. The maximum Gasteiger partial charge on any atom is 0.226 e. The molecule has 0 fully saturated rings. The van der Waals surface area contributed by atoms with Gasteiger partial charge in [-0.1, -0.05) is 10.3 Å².